The van der Waals surface area contributed by atoms with Crippen LogP contribution in [0.1, 0.15) is 40.3 Å². The number of aryl methyl sites for hydroxylation is 1. The van der Waals surface area contributed by atoms with Gasteiger partial charge in [-0.05, 0) is 50.6 Å². The molecule has 1 amide bonds. The van der Waals surface area contributed by atoms with E-state index in [0.29, 0.717) is 17.0 Å². The molecule has 0 bridgehead atoms. The number of aromatic nitrogens is 2. The Hall–Kier alpha value is -3.28. The molecule has 6 heteroatoms. The van der Waals surface area contributed by atoms with Crippen LogP contribution in [-0.4, -0.2) is 22.5 Å². The number of benzene rings is 2. The van der Waals surface area contributed by atoms with E-state index in [9.17, 15) is 4.79 Å². The first-order valence-corrected chi connectivity index (χ1v) is 8.86. The van der Waals surface area contributed by atoms with Crippen LogP contribution in [0.3, 0.4) is 0 Å². The third kappa shape index (κ3) is 3.14. The topological polar surface area (TPSA) is 65.4 Å². The lowest BCUT2D eigenvalue weighted by Gasteiger charge is -2.15. The summed E-state index contributed by atoms with van der Waals surface area (Å²) in [6.07, 6.45) is 0. The maximum atomic E-state index is 12.9. The molecule has 2 heterocycles. The summed E-state index contributed by atoms with van der Waals surface area (Å²) in [5.74, 6) is 1.29. The predicted octanol–water partition coefficient (Wildman–Crippen LogP) is 3.71. The quantitative estimate of drug-likeness (QED) is 0.767. The number of carbonyl (C=O) groups is 1. The van der Waals surface area contributed by atoms with Gasteiger partial charge in [0, 0.05) is 0 Å². The molecule has 3 aromatic rings. The number of carbonyl (C=O) groups excluding carboxylic acids is 1. The maximum Gasteiger partial charge on any atom is 0.255 e. The van der Waals surface area contributed by atoms with Crippen molar-refractivity contribution in [2.75, 3.05) is 6.79 Å². The molecule has 0 spiro atoms. The third-order valence-electron chi connectivity index (χ3n) is 4.76. The van der Waals surface area contributed by atoms with E-state index in [4.69, 9.17) is 9.47 Å². The van der Waals surface area contributed by atoms with Crippen LogP contribution in [-0.2, 0) is 0 Å². The Labute approximate surface area is 157 Å². The van der Waals surface area contributed by atoms with Crippen molar-refractivity contribution in [3.05, 3.63) is 71.0 Å². The van der Waals surface area contributed by atoms with Crippen molar-refractivity contribution in [3.63, 3.8) is 0 Å². The van der Waals surface area contributed by atoms with Crippen LogP contribution in [0.4, 0.5) is 0 Å². The Kier molecular flexibility index (Phi) is 4.32. The summed E-state index contributed by atoms with van der Waals surface area (Å²) in [7, 11) is 0. The number of rotatable bonds is 4. The van der Waals surface area contributed by atoms with Gasteiger partial charge in [0.05, 0.1) is 28.7 Å². The van der Waals surface area contributed by atoms with Crippen molar-refractivity contribution in [3.8, 4) is 17.2 Å². The van der Waals surface area contributed by atoms with E-state index in [1.165, 1.54) is 0 Å². The zero-order chi connectivity index (χ0) is 19.0. The molecule has 4 rings (SSSR count). The molecular formula is C21H21N3O3. The van der Waals surface area contributed by atoms with Crippen molar-refractivity contribution in [2.24, 2.45) is 0 Å². The Bertz CT molecular complexity index is 995. The fourth-order valence-electron chi connectivity index (χ4n) is 3.33. The number of amides is 1. The lowest BCUT2D eigenvalue weighted by Crippen LogP contribution is -2.27. The Morgan fingerprint density at radius 1 is 1.11 bits per heavy atom. The second-order valence-electron chi connectivity index (χ2n) is 6.60. The lowest BCUT2D eigenvalue weighted by molar-refractivity contribution is 0.0938. The molecule has 1 aliphatic heterocycles. The molecule has 1 N–H and O–H groups in total. The number of nitrogens with zero attached hydrogens (tertiary/aromatic N) is 2. The fourth-order valence-corrected chi connectivity index (χ4v) is 3.33. The Morgan fingerprint density at radius 3 is 2.63 bits per heavy atom. The molecule has 0 fully saturated rings. The molecule has 0 aliphatic carbocycles. The standard InChI is InChI=1S/C21H21N3O3/c1-13(16-9-10-18-19(11-16)27-12-26-18)22-21(25)20-14(2)23-24(15(20)3)17-7-5-4-6-8-17/h4-11,13H,12H2,1-3H3,(H,22,25). The van der Waals surface area contributed by atoms with E-state index in [1.54, 1.807) is 4.68 Å². The summed E-state index contributed by atoms with van der Waals surface area (Å²) in [6, 6.07) is 15.3. The van der Waals surface area contributed by atoms with Crippen LogP contribution in [0.25, 0.3) is 5.69 Å². The van der Waals surface area contributed by atoms with Crippen molar-refractivity contribution >= 4 is 5.91 Å². The fraction of sp³-hybridized carbons (Fsp3) is 0.238. The molecule has 1 aromatic heterocycles. The van der Waals surface area contributed by atoms with E-state index in [-0.39, 0.29) is 18.7 Å². The molecule has 1 aliphatic rings. The predicted molar refractivity (Wildman–Crippen MR) is 101 cm³/mol. The summed E-state index contributed by atoms with van der Waals surface area (Å²) in [6.45, 7) is 5.94. The Morgan fingerprint density at radius 2 is 1.85 bits per heavy atom. The summed E-state index contributed by atoms with van der Waals surface area (Å²) in [4.78, 5) is 12.9. The average molecular weight is 363 g/mol. The minimum atomic E-state index is -0.175. The lowest BCUT2D eigenvalue weighted by atomic mass is 10.1. The molecule has 1 atom stereocenters. The summed E-state index contributed by atoms with van der Waals surface area (Å²) >= 11 is 0. The van der Waals surface area contributed by atoms with Crippen molar-refractivity contribution in [1.82, 2.24) is 15.1 Å². The highest BCUT2D eigenvalue weighted by Gasteiger charge is 2.22. The smallest absolute Gasteiger partial charge is 0.255 e. The molecule has 27 heavy (non-hydrogen) atoms. The van der Waals surface area contributed by atoms with Gasteiger partial charge in [-0.1, -0.05) is 24.3 Å². The van der Waals surface area contributed by atoms with Gasteiger partial charge in [-0.3, -0.25) is 4.79 Å². The highest BCUT2D eigenvalue weighted by molar-refractivity contribution is 5.96. The van der Waals surface area contributed by atoms with Crippen LogP contribution in [0, 0.1) is 13.8 Å². The summed E-state index contributed by atoms with van der Waals surface area (Å²) in [5.41, 5.74) is 4.01. The monoisotopic (exact) mass is 363 g/mol. The van der Waals surface area contributed by atoms with Crippen molar-refractivity contribution < 1.29 is 14.3 Å². The second-order valence-corrected chi connectivity index (χ2v) is 6.60. The first kappa shape index (κ1) is 17.1. The van der Waals surface area contributed by atoms with Gasteiger partial charge in [-0.15, -0.1) is 0 Å². The maximum absolute atomic E-state index is 12.9. The summed E-state index contributed by atoms with van der Waals surface area (Å²) < 4.78 is 12.6. The summed E-state index contributed by atoms with van der Waals surface area (Å²) in [5, 5.41) is 7.61. The van der Waals surface area contributed by atoms with Gasteiger partial charge in [-0.2, -0.15) is 5.10 Å². The molecule has 1 unspecified atom stereocenters. The first-order valence-electron chi connectivity index (χ1n) is 8.86. The van der Waals surface area contributed by atoms with E-state index in [2.05, 4.69) is 10.4 Å². The van der Waals surface area contributed by atoms with Crippen LogP contribution in [0.5, 0.6) is 11.5 Å². The van der Waals surface area contributed by atoms with Gasteiger partial charge in [0.2, 0.25) is 6.79 Å². The molecule has 6 nitrogen and oxygen atoms in total. The third-order valence-corrected chi connectivity index (χ3v) is 4.76. The average Bonchev–Trinajstić information content (AvgIpc) is 3.25. The number of hydrogen-bond acceptors (Lipinski definition) is 4. The van der Waals surface area contributed by atoms with Crippen LogP contribution < -0.4 is 14.8 Å². The van der Waals surface area contributed by atoms with Crippen LogP contribution in [0.2, 0.25) is 0 Å². The number of fused-ring (bicyclic) bond motifs is 1. The highest BCUT2D eigenvalue weighted by Crippen LogP contribution is 2.34. The van der Waals surface area contributed by atoms with Crippen molar-refractivity contribution in [2.45, 2.75) is 26.8 Å². The van der Waals surface area contributed by atoms with E-state index >= 15 is 0 Å². The molecule has 2 aromatic carbocycles. The number of nitrogens with one attached hydrogen (secondary N) is 1. The van der Waals surface area contributed by atoms with E-state index < -0.39 is 0 Å². The normalized spacial score (nSPS) is 13.4. The van der Waals surface area contributed by atoms with Crippen LogP contribution >= 0.6 is 0 Å². The van der Waals surface area contributed by atoms with Gasteiger partial charge in [0.15, 0.2) is 11.5 Å². The van der Waals surface area contributed by atoms with Gasteiger partial charge >= 0.3 is 0 Å². The van der Waals surface area contributed by atoms with Gasteiger partial charge in [0.25, 0.3) is 5.91 Å². The zero-order valence-corrected chi connectivity index (χ0v) is 15.5. The van der Waals surface area contributed by atoms with E-state index in [1.807, 2.05) is 69.3 Å². The SMILES string of the molecule is Cc1nn(-c2ccccc2)c(C)c1C(=O)NC(C)c1ccc2c(c1)OCO2. The minimum Gasteiger partial charge on any atom is -0.454 e. The number of para-hydroxylation sites is 1. The molecule has 0 radical (unpaired) electrons. The first-order chi connectivity index (χ1) is 13.0. The molecule has 0 saturated carbocycles. The second kappa shape index (κ2) is 6.79. The largest absolute Gasteiger partial charge is 0.454 e. The molecular weight excluding hydrogens is 342 g/mol. The number of ether oxygens (including phenoxy) is 2. The zero-order valence-electron chi connectivity index (χ0n) is 15.5. The minimum absolute atomic E-state index is 0.141. The number of hydrogen-bond donors (Lipinski definition) is 1. The van der Waals surface area contributed by atoms with E-state index in [0.717, 1.165) is 22.7 Å². The highest BCUT2D eigenvalue weighted by atomic mass is 16.7. The molecule has 138 valence electrons. The molecule has 0 saturated heterocycles. The Balaban J connectivity index is 1.57. The van der Waals surface area contributed by atoms with Gasteiger partial charge in [0.1, 0.15) is 0 Å². The van der Waals surface area contributed by atoms with Crippen LogP contribution in [0.15, 0.2) is 48.5 Å². The van der Waals surface area contributed by atoms with Gasteiger partial charge < -0.3 is 14.8 Å². The van der Waals surface area contributed by atoms with Crippen molar-refractivity contribution in [1.29, 1.82) is 0 Å². The van der Waals surface area contributed by atoms with Gasteiger partial charge in [-0.25, -0.2) is 4.68 Å².